The van der Waals surface area contributed by atoms with E-state index in [1.54, 1.807) is 24.4 Å². The van der Waals surface area contributed by atoms with Crippen molar-refractivity contribution in [3.63, 3.8) is 0 Å². The first-order chi connectivity index (χ1) is 13.0. The maximum absolute atomic E-state index is 12.1. The Morgan fingerprint density at radius 3 is 2.74 bits per heavy atom. The minimum Gasteiger partial charge on any atom is -0.449 e. The van der Waals surface area contributed by atoms with Crippen LogP contribution in [0.2, 0.25) is 5.02 Å². The van der Waals surface area contributed by atoms with Crippen LogP contribution in [0.15, 0.2) is 60.9 Å². The average Bonchev–Trinajstić information content (AvgIpc) is 2.68. The van der Waals surface area contributed by atoms with E-state index in [9.17, 15) is 9.59 Å². The van der Waals surface area contributed by atoms with Crippen molar-refractivity contribution in [1.82, 2.24) is 9.97 Å². The molecular weight excluding hydrogens is 366 g/mol. The third-order valence-electron chi connectivity index (χ3n) is 3.70. The Labute approximate surface area is 160 Å². The van der Waals surface area contributed by atoms with E-state index in [4.69, 9.17) is 16.3 Å². The second-order valence-corrected chi connectivity index (χ2v) is 6.12. The fourth-order valence-electron chi connectivity index (χ4n) is 2.36. The minimum absolute atomic E-state index is 0.324. The smallest absolute Gasteiger partial charge is 0.331 e. The van der Waals surface area contributed by atoms with Gasteiger partial charge in [-0.15, -0.1) is 0 Å². The zero-order valence-corrected chi connectivity index (χ0v) is 15.2. The second kappa shape index (κ2) is 8.42. The molecule has 2 heterocycles. The highest BCUT2D eigenvalue weighted by molar-refractivity contribution is 6.30. The maximum atomic E-state index is 12.1. The van der Waals surface area contributed by atoms with E-state index >= 15 is 0 Å². The maximum Gasteiger partial charge on any atom is 0.331 e. The third kappa shape index (κ3) is 4.89. The lowest BCUT2D eigenvalue weighted by atomic mass is 10.1. The number of halogens is 1. The second-order valence-electron chi connectivity index (χ2n) is 5.69. The molecule has 7 heteroatoms. The van der Waals surface area contributed by atoms with Crippen LogP contribution in [0.5, 0.6) is 0 Å². The Bertz CT molecular complexity index is 998. The number of nitrogens with zero attached hydrogens (tertiary/aromatic N) is 2. The summed E-state index contributed by atoms with van der Waals surface area (Å²) in [5.41, 5.74) is 1.57. The number of amides is 1. The molecule has 6 nitrogen and oxygen atoms in total. The highest BCUT2D eigenvalue weighted by Gasteiger charge is 2.17. The third-order valence-corrected chi connectivity index (χ3v) is 3.93. The highest BCUT2D eigenvalue weighted by Crippen LogP contribution is 2.17. The van der Waals surface area contributed by atoms with Gasteiger partial charge < -0.3 is 10.1 Å². The van der Waals surface area contributed by atoms with Gasteiger partial charge in [0.25, 0.3) is 5.91 Å². The van der Waals surface area contributed by atoms with Gasteiger partial charge in [-0.25, -0.2) is 9.78 Å². The van der Waals surface area contributed by atoms with Crippen LogP contribution in [0, 0.1) is 0 Å². The topological polar surface area (TPSA) is 81.2 Å². The summed E-state index contributed by atoms with van der Waals surface area (Å²) in [6, 6.07) is 12.6. The average molecular weight is 382 g/mol. The molecule has 136 valence electrons. The van der Waals surface area contributed by atoms with Crippen LogP contribution in [0.3, 0.4) is 0 Å². The molecule has 1 atom stereocenters. The van der Waals surface area contributed by atoms with Crippen molar-refractivity contribution in [2.75, 3.05) is 5.32 Å². The zero-order valence-electron chi connectivity index (χ0n) is 14.4. The fraction of sp³-hybridized carbons (Fsp3) is 0.100. The standard InChI is InChI=1S/C20H16ClN3O3/c1-13(20(26)24-17-9-8-16(21)12-23-17)27-18(25)10-7-15-5-2-4-14-6-3-11-22-19(14)15/h2-13H,1H3,(H,23,24,26)/b10-7+. The van der Waals surface area contributed by atoms with E-state index in [0.717, 1.165) is 16.5 Å². The number of esters is 1. The van der Waals surface area contributed by atoms with Crippen molar-refractivity contribution in [3.05, 3.63) is 71.5 Å². The molecule has 1 N–H and O–H groups in total. The number of pyridine rings is 2. The molecule has 0 saturated carbocycles. The zero-order chi connectivity index (χ0) is 19.2. The fourth-order valence-corrected chi connectivity index (χ4v) is 2.48. The van der Waals surface area contributed by atoms with Gasteiger partial charge in [-0.2, -0.15) is 0 Å². The van der Waals surface area contributed by atoms with Gasteiger partial charge in [0.15, 0.2) is 6.10 Å². The lowest BCUT2D eigenvalue weighted by molar-refractivity contribution is -0.148. The predicted molar refractivity (Wildman–Crippen MR) is 104 cm³/mol. The summed E-state index contributed by atoms with van der Waals surface area (Å²) in [6.45, 7) is 1.48. The Morgan fingerprint density at radius 1 is 1.15 bits per heavy atom. The van der Waals surface area contributed by atoms with Gasteiger partial charge in [-0.1, -0.05) is 35.9 Å². The summed E-state index contributed by atoms with van der Waals surface area (Å²) in [7, 11) is 0. The van der Waals surface area contributed by atoms with E-state index < -0.39 is 18.0 Å². The summed E-state index contributed by atoms with van der Waals surface area (Å²) in [4.78, 5) is 32.4. The van der Waals surface area contributed by atoms with Crippen molar-refractivity contribution in [1.29, 1.82) is 0 Å². The van der Waals surface area contributed by atoms with E-state index in [-0.39, 0.29) is 0 Å². The highest BCUT2D eigenvalue weighted by atomic mass is 35.5. The molecule has 1 aromatic carbocycles. The van der Waals surface area contributed by atoms with E-state index in [1.807, 2.05) is 30.3 Å². The minimum atomic E-state index is -0.981. The van der Waals surface area contributed by atoms with Crippen LogP contribution in [-0.2, 0) is 14.3 Å². The molecule has 0 fully saturated rings. The van der Waals surface area contributed by atoms with Crippen LogP contribution in [0.4, 0.5) is 5.82 Å². The summed E-state index contributed by atoms with van der Waals surface area (Å²) in [6.07, 6.45) is 5.01. The molecule has 3 rings (SSSR count). The van der Waals surface area contributed by atoms with Crippen molar-refractivity contribution in [3.8, 4) is 0 Å². The lowest BCUT2D eigenvalue weighted by Gasteiger charge is -2.11. The van der Waals surface area contributed by atoms with Crippen LogP contribution >= 0.6 is 11.6 Å². The number of ether oxygens (including phenoxy) is 1. The van der Waals surface area contributed by atoms with Crippen LogP contribution in [0.1, 0.15) is 12.5 Å². The summed E-state index contributed by atoms with van der Waals surface area (Å²) >= 11 is 5.74. The van der Waals surface area contributed by atoms with Crippen molar-refractivity contribution in [2.24, 2.45) is 0 Å². The van der Waals surface area contributed by atoms with Gasteiger partial charge in [0.2, 0.25) is 0 Å². The van der Waals surface area contributed by atoms with E-state index in [2.05, 4.69) is 15.3 Å². The summed E-state index contributed by atoms with van der Waals surface area (Å²) < 4.78 is 5.13. The number of rotatable bonds is 5. The first kappa shape index (κ1) is 18.5. The SMILES string of the molecule is CC(OC(=O)/C=C/c1cccc2cccnc12)C(=O)Nc1ccc(Cl)cn1. The normalized spacial score (nSPS) is 12.1. The molecule has 0 bridgehead atoms. The first-order valence-electron chi connectivity index (χ1n) is 8.18. The number of hydrogen-bond donors (Lipinski definition) is 1. The molecule has 3 aromatic rings. The van der Waals surface area contributed by atoms with Crippen molar-refractivity contribution >= 4 is 46.3 Å². The van der Waals surface area contributed by atoms with Gasteiger partial charge in [0.1, 0.15) is 5.82 Å². The van der Waals surface area contributed by atoms with Gasteiger partial charge in [0.05, 0.1) is 10.5 Å². The van der Waals surface area contributed by atoms with Gasteiger partial charge in [-0.05, 0) is 31.2 Å². The number of hydrogen-bond acceptors (Lipinski definition) is 5. The summed E-state index contributed by atoms with van der Waals surface area (Å²) in [5, 5.41) is 3.98. The van der Waals surface area contributed by atoms with Crippen molar-refractivity contribution in [2.45, 2.75) is 13.0 Å². The molecule has 1 amide bonds. The number of nitrogens with one attached hydrogen (secondary N) is 1. The molecule has 0 aliphatic heterocycles. The Balaban J connectivity index is 1.61. The molecule has 0 spiro atoms. The largest absolute Gasteiger partial charge is 0.449 e. The van der Waals surface area contributed by atoms with Gasteiger partial charge >= 0.3 is 5.97 Å². The molecular formula is C20H16ClN3O3. The molecule has 0 aliphatic carbocycles. The van der Waals surface area contributed by atoms with E-state index in [1.165, 1.54) is 19.2 Å². The molecule has 2 aromatic heterocycles. The number of para-hydroxylation sites is 1. The number of benzene rings is 1. The molecule has 0 radical (unpaired) electrons. The monoisotopic (exact) mass is 381 g/mol. The molecule has 27 heavy (non-hydrogen) atoms. The van der Waals surface area contributed by atoms with Crippen molar-refractivity contribution < 1.29 is 14.3 Å². The van der Waals surface area contributed by atoms with Gasteiger partial charge in [0, 0.05) is 29.4 Å². The first-order valence-corrected chi connectivity index (χ1v) is 8.55. The number of aromatic nitrogens is 2. The van der Waals surface area contributed by atoms with Gasteiger partial charge in [-0.3, -0.25) is 9.78 Å². The van der Waals surface area contributed by atoms with Crippen LogP contribution in [-0.4, -0.2) is 27.9 Å². The Kier molecular flexibility index (Phi) is 5.78. The lowest BCUT2D eigenvalue weighted by Crippen LogP contribution is -2.29. The quantitative estimate of drug-likeness (QED) is 0.536. The number of fused-ring (bicyclic) bond motifs is 1. The Morgan fingerprint density at radius 2 is 1.96 bits per heavy atom. The number of anilines is 1. The van der Waals surface area contributed by atoms with Crippen LogP contribution < -0.4 is 5.32 Å². The van der Waals surface area contributed by atoms with E-state index in [0.29, 0.717) is 10.8 Å². The van der Waals surface area contributed by atoms with Crippen LogP contribution in [0.25, 0.3) is 17.0 Å². The molecule has 0 aliphatic rings. The molecule has 0 saturated heterocycles. The number of carbonyl (C=O) groups excluding carboxylic acids is 2. The predicted octanol–water partition coefficient (Wildman–Crippen LogP) is 3.87. The summed E-state index contributed by atoms with van der Waals surface area (Å²) in [5.74, 6) is -0.794. The Hall–Kier alpha value is -3.25. The number of carbonyl (C=O) groups is 2. The molecule has 1 unspecified atom stereocenters.